The van der Waals surface area contributed by atoms with Gasteiger partial charge in [-0.2, -0.15) is 13.2 Å². The predicted molar refractivity (Wildman–Crippen MR) is 59.7 cm³/mol. The van der Waals surface area contributed by atoms with Crippen molar-refractivity contribution in [1.82, 2.24) is 4.98 Å². The van der Waals surface area contributed by atoms with Gasteiger partial charge in [-0.15, -0.1) is 0 Å². The molecule has 0 saturated carbocycles. The highest BCUT2D eigenvalue weighted by molar-refractivity contribution is 5.35. The number of aromatic nitrogens is 1. The number of pyridine rings is 1. The molecule has 5 heteroatoms. The lowest BCUT2D eigenvalue weighted by atomic mass is 9.98. The van der Waals surface area contributed by atoms with E-state index in [1.165, 1.54) is 0 Å². The molecule has 0 radical (unpaired) electrons. The van der Waals surface area contributed by atoms with Gasteiger partial charge in [-0.3, -0.25) is 4.98 Å². The van der Waals surface area contributed by atoms with Crippen molar-refractivity contribution in [2.75, 3.05) is 0 Å². The molecule has 1 N–H and O–H groups in total. The third-order valence-corrected chi connectivity index (χ3v) is 2.57. The van der Waals surface area contributed by atoms with E-state index in [0.717, 1.165) is 18.5 Å². The Balaban J connectivity index is 2.46. The van der Waals surface area contributed by atoms with Gasteiger partial charge < -0.3 is 5.11 Å². The first kappa shape index (κ1) is 12.6. The van der Waals surface area contributed by atoms with Crippen molar-refractivity contribution in [3.05, 3.63) is 65.5 Å². The SMILES string of the molecule is OC(c1ccccc1)c1cnccc1C(F)(F)F. The van der Waals surface area contributed by atoms with Crippen molar-refractivity contribution in [2.45, 2.75) is 12.3 Å². The predicted octanol–water partition coefficient (Wildman–Crippen LogP) is 3.18. The molecular formula is C13H10F3NO. The Kier molecular flexibility index (Phi) is 3.34. The molecular weight excluding hydrogens is 243 g/mol. The highest BCUT2D eigenvalue weighted by atomic mass is 19.4. The summed E-state index contributed by atoms with van der Waals surface area (Å²) in [6.07, 6.45) is -3.74. The van der Waals surface area contributed by atoms with Crippen LogP contribution in [0.15, 0.2) is 48.8 Å². The molecule has 0 aliphatic carbocycles. The molecule has 2 nitrogen and oxygen atoms in total. The molecule has 0 bridgehead atoms. The fourth-order valence-electron chi connectivity index (χ4n) is 1.70. The van der Waals surface area contributed by atoms with Crippen LogP contribution in [0.3, 0.4) is 0 Å². The lowest BCUT2D eigenvalue weighted by Crippen LogP contribution is -2.13. The number of halogens is 3. The van der Waals surface area contributed by atoms with E-state index in [0.29, 0.717) is 5.56 Å². The molecule has 18 heavy (non-hydrogen) atoms. The van der Waals surface area contributed by atoms with Crippen LogP contribution in [-0.4, -0.2) is 10.1 Å². The molecule has 1 atom stereocenters. The Morgan fingerprint density at radius 2 is 1.72 bits per heavy atom. The van der Waals surface area contributed by atoms with E-state index in [4.69, 9.17) is 0 Å². The zero-order chi connectivity index (χ0) is 13.2. The lowest BCUT2D eigenvalue weighted by Gasteiger charge is -2.17. The lowest BCUT2D eigenvalue weighted by molar-refractivity contribution is -0.139. The second kappa shape index (κ2) is 4.78. The first-order valence-corrected chi connectivity index (χ1v) is 5.24. The zero-order valence-corrected chi connectivity index (χ0v) is 9.22. The average Bonchev–Trinajstić information content (AvgIpc) is 2.38. The average molecular weight is 253 g/mol. The fraction of sp³-hybridized carbons (Fsp3) is 0.154. The van der Waals surface area contributed by atoms with Gasteiger partial charge in [0.05, 0.1) is 5.56 Å². The van der Waals surface area contributed by atoms with Crippen LogP contribution in [0.1, 0.15) is 22.8 Å². The second-order valence-electron chi connectivity index (χ2n) is 3.77. The third kappa shape index (κ3) is 2.51. The van der Waals surface area contributed by atoms with Crippen LogP contribution in [-0.2, 0) is 6.18 Å². The van der Waals surface area contributed by atoms with Gasteiger partial charge in [-0.05, 0) is 11.6 Å². The molecule has 0 aliphatic heterocycles. The van der Waals surface area contributed by atoms with Crippen LogP contribution in [0, 0.1) is 0 Å². The highest BCUT2D eigenvalue weighted by Crippen LogP contribution is 2.35. The minimum absolute atomic E-state index is 0.240. The zero-order valence-electron chi connectivity index (χ0n) is 9.22. The van der Waals surface area contributed by atoms with Gasteiger partial charge in [0.15, 0.2) is 0 Å². The number of nitrogens with zero attached hydrogens (tertiary/aromatic N) is 1. The van der Waals surface area contributed by atoms with Gasteiger partial charge in [0.25, 0.3) is 0 Å². The molecule has 0 saturated heterocycles. The molecule has 1 heterocycles. The van der Waals surface area contributed by atoms with Crippen LogP contribution in [0.5, 0.6) is 0 Å². The summed E-state index contributed by atoms with van der Waals surface area (Å²) < 4.78 is 38.4. The molecule has 1 aromatic carbocycles. The topological polar surface area (TPSA) is 33.1 Å². The van der Waals surface area contributed by atoms with Crippen molar-refractivity contribution < 1.29 is 18.3 Å². The Hall–Kier alpha value is -1.88. The third-order valence-electron chi connectivity index (χ3n) is 2.57. The Morgan fingerprint density at radius 1 is 1.06 bits per heavy atom. The fourth-order valence-corrected chi connectivity index (χ4v) is 1.70. The molecule has 1 aromatic heterocycles. The van der Waals surface area contributed by atoms with Gasteiger partial charge in [0.1, 0.15) is 6.10 Å². The molecule has 0 fully saturated rings. The molecule has 0 aliphatic rings. The van der Waals surface area contributed by atoms with Crippen molar-refractivity contribution in [3.8, 4) is 0 Å². The summed E-state index contributed by atoms with van der Waals surface area (Å²) in [7, 11) is 0. The van der Waals surface area contributed by atoms with Crippen molar-refractivity contribution >= 4 is 0 Å². The van der Waals surface area contributed by atoms with Crippen molar-refractivity contribution in [1.29, 1.82) is 0 Å². The standard InChI is InChI=1S/C13H10F3NO/c14-13(15,16)11-6-7-17-8-10(11)12(18)9-4-2-1-3-5-9/h1-8,12,18H. The van der Waals surface area contributed by atoms with E-state index in [9.17, 15) is 18.3 Å². The van der Waals surface area contributed by atoms with Gasteiger partial charge >= 0.3 is 6.18 Å². The summed E-state index contributed by atoms with van der Waals surface area (Å²) in [5.74, 6) is 0. The van der Waals surface area contributed by atoms with E-state index in [-0.39, 0.29) is 5.56 Å². The van der Waals surface area contributed by atoms with Crippen LogP contribution in [0.4, 0.5) is 13.2 Å². The Morgan fingerprint density at radius 3 is 2.33 bits per heavy atom. The summed E-state index contributed by atoms with van der Waals surface area (Å²) in [5.41, 5.74) is -0.707. The number of benzene rings is 1. The summed E-state index contributed by atoms with van der Waals surface area (Å²) >= 11 is 0. The summed E-state index contributed by atoms with van der Waals surface area (Å²) in [6, 6.07) is 9.03. The van der Waals surface area contributed by atoms with Crippen LogP contribution in [0.2, 0.25) is 0 Å². The first-order valence-electron chi connectivity index (χ1n) is 5.24. The number of hydrogen-bond donors (Lipinski definition) is 1. The van der Waals surface area contributed by atoms with E-state index >= 15 is 0 Å². The van der Waals surface area contributed by atoms with Gasteiger partial charge in [0, 0.05) is 18.0 Å². The smallest absolute Gasteiger partial charge is 0.384 e. The van der Waals surface area contributed by atoms with Crippen LogP contribution in [0.25, 0.3) is 0 Å². The maximum Gasteiger partial charge on any atom is 0.416 e. The molecule has 1 unspecified atom stereocenters. The highest BCUT2D eigenvalue weighted by Gasteiger charge is 2.35. The number of rotatable bonds is 2. The number of alkyl halides is 3. The Bertz CT molecular complexity index is 525. The van der Waals surface area contributed by atoms with Gasteiger partial charge in [0.2, 0.25) is 0 Å². The first-order chi connectivity index (χ1) is 8.50. The molecule has 0 spiro atoms. The largest absolute Gasteiger partial charge is 0.416 e. The van der Waals surface area contributed by atoms with E-state index < -0.39 is 17.8 Å². The molecule has 2 rings (SSSR count). The van der Waals surface area contributed by atoms with Gasteiger partial charge in [-0.25, -0.2) is 0 Å². The van der Waals surface area contributed by atoms with Gasteiger partial charge in [-0.1, -0.05) is 30.3 Å². The normalized spacial score (nSPS) is 13.3. The summed E-state index contributed by atoms with van der Waals surface area (Å²) in [6.45, 7) is 0. The maximum absolute atomic E-state index is 12.8. The summed E-state index contributed by atoms with van der Waals surface area (Å²) in [5, 5.41) is 10.00. The van der Waals surface area contributed by atoms with Crippen molar-refractivity contribution in [3.63, 3.8) is 0 Å². The van der Waals surface area contributed by atoms with E-state index in [1.807, 2.05) is 0 Å². The summed E-state index contributed by atoms with van der Waals surface area (Å²) in [4.78, 5) is 3.65. The Labute approximate surface area is 102 Å². The minimum Gasteiger partial charge on any atom is -0.384 e. The van der Waals surface area contributed by atoms with Crippen molar-refractivity contribution in [2.24, 2.45) is 0 Å². The number of aliphatic hydroxyl groups excluding tert-OH is 1. The quantitative estimate of drug-likeness (QED) is 0.891. The monoisotopic (exact) mass is 253 g/mol. The van der Waals surface area contributed by atoms with Crippen LogP contribution < -0.4 is 0 Å². The van der Waals surface area contributed by atoms with Crippen LogP contribution >= 0.6 is 0 Å². The maximum atomic E-state index is 12.8. The molecule has 0 amide bonds. The van der Waals surface area contributed by atoms with E-state index in [1.54, 1.807) is 30.3 Å². The van der Waals surface area contributed by atoms with E-state index in [2.05, 4.69) is 4.98 Å². The molecule has 94 valence electrons. The second-order valence-corrected chi connectivity index (χ2v) is 3.77. The number of aliphatic hydroxyl groups is 1. The number of hydrogen-bond acceptors (Lipinski definition) is 2. The minimum atomic E-state index is -4.51. The molecule has 2 aromatic rings.